The van der Waals surface area contributed by atoms with Crippen LogP contribution in [-0.4, -0.2) is 15.7 Å². The number of amides is 1. The molecule has 0 fully saturated rings. The molecule has 1 aromatic carbocycles. The van der Waals surface area contributed by atoms with Crippen molar-refractivity contribution < 1.29 is 4.79 Å². The van der Waals surface area contributed by atoms with Crippen LogP contribution in [0, 0.1) is 13.8 Å². The summed E-state index contributed by atoms with van der Waals surface area (Å²) in [6.07, 6.45) is 3.44. The second-order valence-corrected chi connectivity index (χ2v) is 4.85. The normalized spacial score (nSPS) is 12.2. The van der Waals surface area contributed by atoms with Gasteiger partial charge in [-0.15, -0.1) is 11.6 Å². The highest BCUT2D eigenvalue weighted by Gasteiger charge is 2.20. The van der Waals surface area contributed by atoms with Crippen molar-refractivity contribution in [2.45, 2.75) is 25.9 Å². The monoisotopic (exact) mass is 277 g/mol. The Morgan fingerprint density at radius 3 is 2.63 bits per heavy atom. The summed E-state index contributed by atoms with van der Waals surface area (Å²) in [5.74, 6) is -0.213. The molecular formula is C14H16ClN3O. The summed E-state index contributed by atoms with van der Waals surface area (Å²) in [7, 11) is 0. The Bertz CT molecular complexity index is 546. The van der Waals surface area contributed by atoms with Gasteiger partial charge in [-0.1, -0.05) is 18.2 Å². The van der Waals surface area contributed by atoms with Crippen LogP contribution in [0.5, 0.6) is 0 Å². The number of hydrogen-bond donors (Lipinski definition) is 1. The fraction of sp³-hybridized carbons (Fsp3) is 0.286. The maximum Gasteiger partial charge on any atom is 0.244 e. The molecule has 1 atom stereocenters. The first-order chi connectivity index (χ1) is 9.09. The lowest BCUT2D eigenvalue weighted by atomic mass is 9.99. The van der Waals surface area contributed by atoms with Crippen LogP contribution in [0.25, 0.3) is 0 Å². The fourth-order valence-corrected chi connectivity index (χ4v) is 2.42. The van der Waals surface area contributed by atoms with Gasteiger partial charge < -0.3 is 5.32 Å². The van der Waals surface area contributed by atoms with E-state index in [0.29, 0.717) is 6.67 Å². The van der Waals surface area contributed by atoms with Crippen LogP contribution >= 0.6 is 11.6 Å². The molecule has 0 aliphatic carbocycles. The highest BCUT2D eigenvalue weighted by atomic mass is 35.5. The van der Waals surface area contributed by atoms with Crippen molar-refractivity contribution in [3.8, 4) is 0 Å². The van der Waals surface area contributed by atoms with Gasteiger partial charge in [0.1, 0.15) is 12.0 Å². The molecular weight excluding hydrogens is 262 g/mol. The fourth-order valence-electron chi connectivity index (χ4n) is 2.00. The summed E-state index contributed by atoms with van der Waals surface area (Å²) in [5.41, 5.74) is 2.92. The van der Waals surface area contributed by atoms with Crippen LogP contribution in [0.3, 0.4) is 0 Å². The standard InChI is InChI=1S/C14H16ClN3O/c1-10-5-3-6-11(2)12(10)13(15)14(19)16-9-18-8-4-7-17-18/h3-8,13H,9H2,1-2H3,(H,16,19). The lowest BCUT2D eigenvalue weighted by Gasteiger charge is -2.15. The molecule has 0 spiro atoms. The van der Waals surface area contributed by atoms with Gasteiger partial charge in [0.2, 0.25) is 5.91 Å². The average Bonchev–Trinajstić information content (AvgIpc) is 2.88. The van der Waals surface area contributed by atoms with Crippen molar-refractivity contribution in [3.05, 3.63) is 53.3 Å². The first-order valence-corrected chi connectivity index (χ1v) is 6.48. The van der Waals surface area contributed by atoms with E-state index in [1.807, 2.05) is 32.0 Å². The molecule has 0 saturated heterocycles. The Balaban J connectivity index is 2.06. The SMILES string of the molecule is Cc1cccc(C)c1C(Cl)C(=O)NCn1cccn1. The maximum atomic E-state index is 12.1. The topological polar surface area (TPSA) is 46.9 Å². The van der Waals surface area contributed by atoms with E-state index in [9.17, 15) is 4.79 Å². The summed E-state index contributed by atoms with van der Waals surface area (Å²) in [6, 6.07) is 7.67. The Morgan fingerprint density at radius 1 is 1.37 bits per heavy atom. The molecule has 0 bridgehead atoms. The highest BCUT2D eigenvalue weighted by molar-refractivity contribution is 6.31. The third kappa shape index (κ3) is 3.15. The molecule has 1 amide bonds. The quantitative estimate of drug-likeness (QED) is 0.873. The van der Waals surface area contributed by atoms with Crippen LogP contribution in [0.4, 0.5) is 0 Å². The molecule has 2 aromatic rings. The molecule has 0 aliphatic heterocycles. The zero-order valence-electron chi connectivity index (χ0n) is 10.9. The zero-order valence-corrected chi connectivity index (χ0v) is 11.7. The van der Waals surface area contributed by atoms with E-state index < -0.39 is 5.38 Å². The van der Waals surface area contributed by atoms with Crippen molar-refractivity contribution in [3.63, 3.8) is 0 Å². The third-order valence-corrected chi connectivity index (χ3v) is 3.42. The number of rotatable bonds is 4. The predicted octanol–water partition coefficient (Wildman–Crippen LogP) is 2.55. The van der Waals surface area contributed by atoms with Gasteiger partial charge in [-0.05, 0) is 36.6 Å². The number of halogens is 1. The average molecular weight is 278 g/mol. The number of aromatic nitrogens is 2. The molecule has 4 nitrogen and oxygen atoms in total. The maximum absolute atomic E-state index is 12.1. The van der Waals surface area contributed by atoms with Gasteiger partial charge in [0.25, 0.3) is 0 Å². The van der Waals surface area contributed by atoms with Crippen molar-refractivity contribution in [2.75, 3.05) is 0 Å². The lowest BCUT2D eigenvalue weighted by Crippen LogP contribution is -2.29. The van der Waals surface area contributed by atoms with Gasteiger partial charge in [-0.2, -0.15) is 5.10 Å². The molecule has 5 heteroatoms. The molecule has 19 heavy (non-hydrogen) atoms. The summed E-state index contributed by atoms with van der Waals surface area (Å²) in [4.78, 5) is 12.1. The number of nitrogens with one attached hydrogen (secondary N) is 1. The Labute approximate surface area is 117 Å². The third-order valence-electron chi connectivity index (χ3n) is 3.00. The second-order valence-electron chi connectivity index (χ2n) is 4.41. The van der Waals surface area contributed by atoms with E-state index in [0.717, 1.165) is 16.7 Å². The van der Waals surface area contributed by atoms with Crippen LogP contribution < -0.4 is 5.32 Å². The second kappa shape index (κ2) is 5.89. The molecule has 0 aliphatic rings. The molecule has 2 rings (SSSR count). The van der Waals surface area contributed by atoms with E-state index in [1.54, 1.807) is 23.1 Å². The van der Waals surface area contributed by atoms with E-state index in [-0.39, 0.29) is 5.91 Å². The number of benzene rings is 1. The largest absolute Gasteiger partial charge is 0.335 e. The number of hydrogen-bond acceptors (Lipinski definition) is 2. The number of alkyl halides is 1. The van der Waals surface area contributed by atoms with Crippen molar-refractivity contribution in [1.29, 1.82) is 0 Å². The van der Waals surface area contributed by atoms with Crippen LogP contribution in [0.15, 0.2) is 36.7 Å². The molecule has 100 valence electrons. The van der Waals surface area contributed by atoms with Crippen molar-refractivity contribution in [2.24, 2.45) is 0 Å². The smallest absolute Gasteiger partial charge is 0.244 e. The number of carbonyl (C=O) groups is 1. The van der Waals surface area contributed by atoms with Gasteiger partial charge in [-0.3, -0.25) is 9.48 Å². The van der Waals surface area contributed by atoms with Gasteiger partial charge in [-0.25, -0.2) is 0 Å². The van der Waals surface area contributed by atoms with Gasteiger partial charge in [0.15, 0.2) is 0 Å². The van der Waals surface area contributed by atoms with Crippen LogP contribution in [0.2, 0.25) is 0 Å². The molecule has 1 aromatic heterocycles. The minimum atomic E-state index is -0.684. The van der Waals surface area contributed by atoms with Crippen LogP contribution in [-0.2, 0) is 11.5 Å². The summed E-state index contributed by atoms with van der Waals surface area (Å²) >= 11 is 6.27. The van der Waals surface area contributed by atoms with Crippen molar-refractivity contribution >= 4 is 17.5 Å². The molecule has 1 N–H and O–H groups in total. The van der Waals surface area contributed by atoms with E-state index in [2.05, 4.69) is 10.4 Å². The van der Waals surface area contributed by atoms with E-state index >= 15 is 0 Å². The highest BCUT2D eigenvalue weighted by Crippen LogP contribution is 2.27. The Morgan fingerprint density at radius 2 is 2.05 bits per heavy atom. The summed E-state index contributed by atoms with van der Waals surface area (Å²) < 4.78 is 1.63. The lowest BCUT2D eigenvalue weighted by molar-refractivity contribution is -0.121. The summed E-state index contributed by atoms with van der Waals surface area (Å²) in [6.45, 7) is 4.23. The van der Waals surface area contributed by atoms with E-state index in [4.69, 9.17) is 11.6 Å². The van der Waals surface area contributed by atoms with Gasteiger partial charge in [0.05, 0.1) is 0 Å². The number of carbonyl (C=O) groups excluding carboxylic acids is 1. The van der Waals surface area contributed by atoms with Crippen LogP contribution in [0.1, 0.15) is 22.1 Å². The Hall–Kier alpha value is -1.81. The number of nitrogens with zero attached hydrogens (tertiary/aromatic N) is 2. The van der Waals surface area contributed by atoms with Crippen molar-refractivity contribution in [1.82, 2.24) is 15.1 Å². The zero-order chi connectivity index (χ0) is 13.8. The molecule has 0 saturated carbocycles. The molecule has 1 heterocycles. The minimum absolute atomic E-state index is 0.213. The first kappa shape index (κ1) is 13.6. The minimum Gasteiger partial charge on any atom is -0.335 e. The van der Waals surface area contributed by atoms with Gasteiger partial charge >= 0.3 is 0 Å². The number of aryl methyl sites for hydroxylation is 2. The van der Waals surface area contributed by atoms with Gasteiger partial charge in [0, 0.05) is 12.4 Å². The first-order valence-electron chi connectivity index (χ1n) is 6.05. The predicted molar refractivity (Wildman–Crippen MR) is 74.9 cm³/mol. The summed E-state index contributed by atoms with van der Waals surface area (Å²) in [5, 5.41) is 6.10. The molecule has 0 radical (unpaired) electrons. The van der Waals surface area contributed by atoms with E-state index in [1.165, 1.54) is 0 Å². The Kier molecular flexibility index (Phi) is 4.22. The molecule has 1 unspecified atom stereocenters.